The van der Waals surface area contributed by atoms with Crippen molar-refractivity contribution in [1.82, 2.24) is 16.0 Å². The van der Waals surface area contributed by atoms with Crippen molar-refractivity contribution in [2.24, 2.45) is 22.2 Å². The maximum absolute atomic E-state index is 12.2. The number of carbonyl (C=O) groups excluding carboxylic acids is 3. The SMILES string of the molecule is CSCCC(NC(=O)CNC(=O)C(CS)NC(=O)C(N)CCCN=C(N)N)C(=O)O. The van der Waals surface area contributed by atoms with Crippen LogP contribution in [0.4, 0.5) is 0 Å². The second kappa shape index (κ2) is 15.6. The molecule has 0 aromatic rings. The van der Waals surface area contributed by atoms with E-state index >= 15 is 0 Å². The Hall–Kier alpha value is -2.19. The molecule has 3 atom stereocenters. The summed E-state index contributed by atoms with van der Waals surface area (Å²) in [5, 5.41) is 16.2. The van der Waals surface area contributed by atoms with Gasteiger partial charge in [0.05, 0.1) is 12.6 Å². The van der Waals surface area contributed by atoms with E-state index in [1.807, 2.05) is 6.26 Å². The molecule has 0 saturated carbocycles. The number of amides is 3. The van der Waals surface area contributed by atoms with E-state index in [4.69, 9.17) is 22.3 Å². The van der Waals surface area contributed by atoms with E-state index in [0.717, 1.165) is 0 Å². The summed E-state index contributed by atoms with van der Waals surface area (Å²) in [4.78, 5) is 51.2. The van der Waals surface area contributed by atoms with Crippen LogP contribution in [0.2, 0.25) is 0 Å². The summed E-state index contributed by atoms with van der Waals surface area (Å²) in [6.07, 6.45) is 2.86. The Kier molecular flexibility index (Phi) is 14.5. The van der Waals surface area contributed by atoms with Gasteiger partial charge < -0.3 is 38.3 Å². The first kappa shape index (κ1) is 27.8. The van der Waals surface area contributed by atoms with Crippen molar-refractivity contribution in [1.29, 1.82) is 0 Å². The number of thioether (sulfide) groups is 1. The minimum atomic E-state index is -1.15. The summed E-state index contributed by atoms with van der Waals surface area (Å²) in [5.41, 5.74) is 16.2. The summed E-state index contributed by atoms with van der Waals surface area (Å²) in [6.45, 7) is -0.115. The Morgan fingerprint density at radius 1 is 1.10 bits per heavy atom. The molecule has 0 spiro atoms. The van der Waals surface area contributed by atoms with E-state index < -0.39 is 48.4 Å². The van der Waals surface area contributed by atoms with Crippen LogP contribution in [0.1, 0.15) is 19.3 Å². The zero-order valence-corrected chi connectivity index (χ0v) is 18.5. The van der Waals surface area contributed by atoms with Crippen LogP contribution in [0.3, 0.4) is 0 Å². The summed E-state index contributed by atoms with van der Waals surface area (Å²) in [6, 6.07) is -2.92. The van der Waals surface area contributed by atoms with Gasteiger partial charge in [0.25, 0.3) is 0 Å². The molecular weight excluding hydrogens is 434 g/mol. The van der Waals surface area contributed by atoms with E-state index in [2.05, 4.69) is 33.6 Å². The van der Waals surface area contributed by atoms with Gasteiger partial charge in [-0.1, -0.05) is 0 Å². The van der Waals surface area contributed by atoms with E-state index in [9.17, 15) is 19.2 Å². The van der Waals surface area contributed by atoms with Gasteiger partial charge in [-0.25, -0.2) is 4.79 Å². The van der Waals surface area contributed by atoms with E-state index in [1.54, 1.807) is 0 Å². The number of aliphatic imine (C=N–C) groups is 1. The Labute approximate surface area is 184 Å². The van der Waals surface area contributed by atoms with Gasteiger partial charge in [-0.15, -0.1) is 0 Å². The zero-order valence-electron chi connectivity index (χ0n) is 16.8. The van der Waals surface area contributed by atoms with Crippen LogP contribution >= 0.6 is 24.4 Å². The standard InChI is InChI=1S/C16H31N7O5S2/c1-30-6-4-10(15(27)28)22-12(24)7-21-14(26)11(8-29)23-13(25)9(17)3-2-5-20-16(18)19/h9-11,29H,2-8,17H2,1H3,(H,21,26)(H,22,24)(H,23,25)(H,27,28)(H4,18,19,20). The Morgan fingerprint density at radius 3 is 2.30 bits per heavy atom. The van der Waals surface area contributed by atoms with Crippen LogP contribution in [-0.2, 0) is 19.2 Å². The Bertz CT molecular complexity index is 617. The number of guanidine groups is 1. The molecule has 0 aliphatic rings. The number of hydrogen-bond acceptors (Lipinski definition) is 8. The molecule has 3 unspecified atom stereocenters. The Morgan fingerprint density at radius 2 is 1.77 bits per heavy atom. The third-order valence-corrected chi connectivity index (χ3v) is 4.80. The summed E-state index contributed by atoms with van der Waals surface area (Å²) in [7, 11) is 0. The number of carbonyl (C=O) groups is 4. The highest BCUT2D eigenvalue weighted by molar-refractivity contribution is 7.98. The topological polar surface area (TPSA) is 215 Å². The lowest BCUT2D eigenvalue weighted by Crippen LogP contribution is -2.54. The summed E-state index contributed by atoms with van der Waals surface area (Å²) in [5.74, 6) is -2.52. The number of aliphatic carboxylic acids is 1. The number of nitrogens with two attached hydrogens (primary N) is 3. The van der Waals surface area contributed by atoms with Crippen LogP contribution in [0.25, 0.3) is 0 Å². The van der Waals surface area contributed by atoms with Gasteiger partial charge in [0, 0.05) is 12.3 Å². The maximum atomic E-state index is 12.2. The van der Waals surface area contributed by atoms with Gasteiger partial charge in [0.15, 0.2) is 5.96 Å². The highest BCUT2D eigenvalue weighted by Crippen LogP contribution is 2.01. The minimum Gasteiger partial charge on any atom is -0.480 e. The van der Waals surface area contributed by atoms with Gasteiger partial charge in [-0.3, -0.25) is 19.4 Å². The summed E-state index contributed by atoms with van der Waals surface area (Å²) < 4.78 is 0. The number of nitrogens with one attached hydrogen (secondary N) is 3. The highest BCUT2D eigenvalue weighted by Gasteiger charge is 2.24. The first-order chi connectivity index (χ1) is 14.1. The van der Waals surface area contributed by atoms with Crippen LogP contribution in [-0.4, -0.2) is 83.7 Å². The molecule has 172 valence electrons. The number of carboxylic acids is 1. The van der Waals surface area contributed by atoms with Crippen molar-refractivity contribution < 1.29 is 24.3 Å². The lowest BCUT2D eigenvalue weighted by atomic mass is 10.1. The molecule has 10 N–H and O–H groups in total. The van der Waals surface area contributed by atoms with Crippen LogP contribution in [0.15, 0.2) is 4.99 Å². The average Bonchev–Trinajstić information content (AvgIpc) is 2.69. The van der Waals surface area contributed by atoms with Crippen LogP contribution in [0, 0.1) is 0 Å². The first-order valence-corrected chi connectivity index (χ1v) is 11.2. The number of carboxylic acid groups (broad SMARTS) is 1. The molecule has 0 heterocycles. The van der Waals surface area contributed by atoms with Gasteiger partial charge >= 0.3 is 5.97 Å². The number of thiol groups is 1. The Balaban J connectivity index is 4.48. The van der Waals surface area contributed by atoms with Crippen LogP contribution in [0.5, 0.6) is 0 Å². The average molecular weight is 466 g/mol. The van der Waals surface area contributed by atoms with Crippen molar-refractivity contribution in [2.75, 3.05) is 30.9 Å². The monoisotopic (exact) mass is 465 g/mol. The maximum Gasteiger partial charge on any atom is 0.326 e. The molecular formula is C16H31N7O5S2. The molecule has 0 radical (unpaired) electrons. The second-order valence-corrected chi connectivity index (χ2v) is 7.61. The number of nitrogens with zero attached hydrogens (tertiary/aromatic N) is 1. The van der Waals surface area contributed by atoms with E-state index in [0.29, 0.717) is 25.1 Å². The van der Waals surface area contributed by atoms with Crippen molar-refractivity contribution in [3.05, 3.63) is 0 Å². The van der Waals surface area contributed by atoms with Gasteiger partial charge in [-0.05, 0) is 31.3 Å². The minimum absolute atomic E-state index is 0.0224. The number of rotatable bonds is 15. The molecule has 0 aliphatic carbocycles. The molecule has 14 heteroatoms. The first-order valence-electron chi connectivity index (χ1n) is 9.13. The lowest BCUT2D eigenvalue weighted by molar-refractivity contribution is -0.141. The highest BCUT2D eigenvalue weighted by atomic mass is 32.2. The van der Waals surface area contributed by atoms with Crippen molar-refractivity contribution in [3.63, 3.8) is 0 Å². The lowest BCUT2D eigenvalue weighted by Gasteiger charge is -2.19. The molecule has 0 aliphatic heterocycles. The predicted octanol–water partition coefficient (Wildman–Crippen LogP) is -2.78. The molecule has 12 nitrogen and oxygen atoms in total. The molecule has 0 bridgehead atoms. The third kappa shape index (κ3) is 12.4. The molecule has 3 amide bonds. The second-order valence-electron chi connectivity index (χ2n) is 6.26. The molecule has 30 heavy (non-hydrogen) atoms. The van der Waals surface area contributed by atoms with Crippen LogP contribution < -0.4 is 33.2 Å². The fourth-order valence-corrected chi connectivity index (χ4v) is 2.88. The van der Waals surface area contributed by atoms with Gasteiger partial charge in [0.2, 0.25) is 17.7 Å². The van der Waals surface area contributed by atoms with Crippen molar-refractivity contribution in [2.45, 2.75) is 37.4 Å². The van der Waals surface area contributed by atoms with E-state index in [1.165, 1.54) is 11.8 Å². The molecule has 0 aromatic carbocycles. The van der Waals surface area contributed by atoms with Crippen molar-refractivity contribution >= 4 is 54.0 Å². The summed E-state index contributed by atoms with van der Waals surface area (Å²) >= 11 is 5.48. The predicted molar refractivity (Wildman–Crippen MR) is 119 cm³/mol. The molecule has 0 rings (SSSR count). The fourth-order valence-electron chi connectivity index (χ4n) is 2.15. The molecule has 0 saturated heterocycles. The third-order valence-electron chi connectivity index (χ3n) is 3.79. The van der Waals surface area contributed by atoms with E-state index in [-0.39, 0.29) is 18.1 Å². The fraction of sp³-hybridized carbons (Fsp3) is 0.688. The van der Waals surface area contributed by atoms with Crippen molar-refractivity contribution in [3.8, 4) is 0 Å². The quantitative estimate of drug-likeness (QED) is 0.0542. The largest absolute Gasteiger partial charge is 0.480 e. The normalized spacial score (nSPS) is 13.4. The van der Waals surface area contributed by atoms with Gasteiger partial charge in [0.1, 0.15) is 12.1 Å². The smallest absolute Gasteiger partial charge is 0.326 e. The zero-order chi connectivity index (χ0) is 23.1. The molecule has 0 aromatic heterocycles. The molecule has 0 fully saturated rings. The number of hydrogen-bond donors (Lipinski definition) is 8. The van der Waals surface area contributed by atoms with Gasteiger partial charge in [-0.2, -0.15) is 24.4 Å².